The van der Waals surface area contributed by atoms with E-state index in [1.54, 1.807) is 25.1 Å². The van der Waals surface area contributed by atoms with Crippen LogP contribution in [0, 0.1) is 5.82 Å². The number of para-hydroxylation sites is 1. The fourth-order valence-electron chi connectivity index (χ4n) is 2.15. The third kappa shape index (κ3) is 6.18. The van der Waals surface area contributed by atoms with Crippen molar-refractivity contribution in [2.45, 2.75) is 25.5 Å². The Morgan fingerprint density at radius 2 is 1.79 bits per heavy atom. The second kappa shape index (κ2) is 9.90. The molecule has 130 valence electrons. The van der Waals surface area contributed by atoms with E-state index >= 15 is 0 Å². The highest BCUT2D eigenvalue weighted by atomic mass is 35.5. The molecule has 6 heteroatoms. The average Bonchev–Trinajstić information content (AvgIpc) is 2.56. The molecule has 0 aliphatic carbocycles. The fourth-order valence-corrected chi connectivity index (χ4v) is 2.15. The predicted octanol–water partition coefficient (Wildman–Crippen LogP) is 3.22. The lowest BCUT2D eigenvalue weighted by molar-refractivity contribution is -0.121. The first-order valence-corrected chi connectivity index (χ1v) is 7.54. The lowest BCUT2D eigenvalue weighted by atomic mass is 10.0. The summed E-state index contributed by atoms with van der Waals surface area (Å²) in [6.45, 7) is 2.05. The van der Waals surface area contributed by atoms with Crippen LogP contribution in [0.3, 0.4) is 0 Å². The number of benzene rings is 2. The largest absolute Gasteiger partial charge is 0.486 e. The van der Waals surface area contributed by atoms with Crippen LogP contribution in [-0.2, 0) is 4.79 Å². The fraction of sp³-hybridized carbons (Fsp3) is 0.278. The number of ether oxygens (including phenoxy) is 1. The molecule has 4 nitrogen and oxygen atoms in total. The first-order chi connectivity index (χ1) is 11.1. The molecule has 0 aliphatic heterocycles. The maximum Gasteiger partial charge on any atom is 0.222 e. The molecule has 0 radical (unpaired) electrons. The van der Waals surface area contributed by atoms with Gasteiger partial charge in [0.15, 0.2) is 11.6 Å². The van der Waals surface area contributed by atoms with Crippen LogP contribution in [0.4, 0.5) is 4.39 Å². The number of rotatable bonds is 7. The van der Waals surface area contributed by atoms with E-state index in [-0.39, 0.29) is 49.2 Å². The minimum Gasteiger partial charge on any atom is -0.486 e. The smallest absolute Gasteiger partial charge is 0.222 e. The molecule has 0 heterocycles. The Morgan fingerprint density at radius 1 is 1.17 bits per heavy atom. The topological polar surface area (TPSA) is 64.4 Å². The van der Waals surface area contributed by atoms with Crippen LogP contribution >= 0.6 is 12.4 Å². The van der Waals surface area contributed by atoms with Crippen molar-refractivity contribution in [2.24, 2.45) is 5.73 Å². The van der Waals surface area contributed by atoms with Gasteiger partial charge in [0, 0.05) is 12.5 Å². The highest BCUT2D eigenvalue weighted by Gasteiger charge is 2.13. The summed E-state index contributed by atoms with van der Waals surface area (Å²) in [5, 5.41) is 2.76. The number of amides is 1. The van der Waals surface area contributed by atoms with Gasteiger partial charge in [-0.05, 0) is 24.6 Å². The van der Waals surface area contributed by atoms with Crippen LogP contribution < -0.4 is 15.8 Å². The second-order valence-corrected chi connectivity index (χ2v) is 5.38. The molecule has 0 saturated carbocycles. The van der Waals surface area contributed by atoms with Gasteiger partial charge in [-0.15, -0.1) is 12.4 Å². The Bertz CT molecular complexity index is 640. The van der Waals surface area contributed by atoms with Crippen LogP contribution in [0.1, 0.15) is 24.9 Å². The minimum atomic E-state index is -0.420. The molecule has 3 N–H and O–H groups in total. The van der Waals surface area contributed by atoms with Gasteiger partial charge in [-0.1, -0.05) is 42.5 Å². The minimum absolute atomic E-state index is 0. The van der Waals surface area contributed by atoms with E-state index in [0.717, 1.165) is 5.56 Å². The van der Waals surface area contributed by atoms with Gasteiger partial charge in [-0.3, -0.25) is 4.79 Å². The molecule has 0 spiro atoms. The second-order valence-electron chi connectivity index (χ2n) is 5.38. The van der Waals surface area contributed by atoms with Crippen molar-refractivity contribution in [1.82, 2.24) is 5.32 Å². The quantitative estimate of drug-likeness (QED) is 0.804. The molecule has 2 aromatic rings. The zero-order valence-electron chi connectivity index (χ0n) is 13.4. The van der Waals surface area contributed by atoms with Gasteiger partial charge in [0.2, 0.25) is 5.91 Å². The van der Waals surface area contributed by atoms with Gasteiger partial charge in [-0.2, -0.15) is 0 Å². The molecule has 2 aromatic carbocycles. The Labute approximate surface area is 147 Å². The van der Waals surface area contributed by atoms with Crippen LogP contribution in [-0.4, -0.2) is 18.6 Å². The van der Waals surface area contributed by atoms with E-state index in [1.807, 2.05) is 30.3 Å². The van der Waals surface area contributed by atoms with E-state index in [0.29, 0.717) is 0 Å². The van der Waals surface area contributed by atoms with Crippen LogP contribution in [0.15, 0.2) is 54.6 Å². The molecule has 24 heavy (non-hydrogen) atoms. The van der Waals surface area contributed by atoms with Crippen molar-refractivity contribution >= 4 is 18.3 Å². The van der Waals surface area contributed by atoms with Crippen molar-refractivity contribution in [2.75, 3.05) is 6.54 Å². The summed E-state index contributed by atoms with van der Waals surface area (Å²) in [5.41, 5.74) is 6.92. The number of nitrogens with one attached hydrogen (secondary N) is 1. The van der Waals surface area contributed by atoms with Crippen molar-refractivity contribution < 1.29 is 13.9 Å². The molecule has 2 unspecified atom stereocenters. The molecular weight excluding hydrogens is 331 g/mol. The summed E-state index contributed by atoms with van der Waals surface area (Å²) >= 11 is 0. The van der Waals surface area contributed by atoms with Gasteiger partial charge in [0.25, 0.3) is 0 Å². The third-order valence-corrected chi connectivity index (χ3v) is 3.38. The summed E-state index contributed by atoms with van der Waals surface area (Å²) in [4.78, 5) is 11.9. The number of halogens is 2. The van der Waals surface area contributed by atoms with Crippen molar-refractivity contribution in [3.05, 3.63) is 66.0 Å². The van der Waals surface area contributed by atoms with E-state index in [2.05, 4.69) is 5.32 Å². The van der Waals surface area contributed by atoms with E-state index in [1.165, 1.54) is 6.07 Å². The standard InChI is InChI=1S/C18H21FN2O2.ClH/c1-13(23-17-10-6-5-9-15(17)19)12-21-18(22)11-16(20)14-7-3-2-4-8-14;/h2-10,13,16H,11-12,20H2,1H3,(H,21,22);1H. The van der Waals surface area contributed by atoms with E-state index in [9.17, 15) is 9.18 Å². The third-order valence-electron chi connectivity index (χ3n) is 3.38. The van der Waals surface area contributed by atoms with E-state index < -0.39 is 5.82 Å². The molecular formula is C18H22ClFN2O2. The molecule has 0 fully saturated rings. The van der Waals surface area contributed by atoms with Crippen LogP contribution in [0.5, 0.6) is 5.75 Å². The normalized spacial score (nSPS) is 12.6. The summed E-state index contributed by atoms with van der Waals surface area (Å²) in [7, 11) is 0. The number of hydrogen-bond acceptors (Lipinski definition) is 3. The maximum atomic E-state index is 13.5. The molecule has 2 rings (SSSR count). The van der Waals surface area contributed by atoms with Gasteiger partial charge < -0.3 is 15.8 Å². The van der Waals surface area contributed by atoms with Crippen molar-refractivity contribution in [3.63, 3.8) is 0 Å². The predicted molar refractivity (Wildman–Crippen MR) is 94.7 cm³/mol. The molecule has 0 aromatic heterocycles. The van der Waals surface area contributed by atoms with Crippen LogP contribution in [0.25, 0.3) is 0 Å². The summed E-state index contributed by atoms with van der Waals surface area (Å²) in [5.74, 6) is -0.405. The Balaban J connectivity index is 0.00000288. The Hall–Kier alpha value is -2.11. The molecule has 0 bridgehead atoms. The number of carbonyl (C=O) groups is 1. The molecule has 0 aliphatic rings. The lowest BCUT2D eigenvalue weighted by Gasteiger charge is -2.17. The number of carbonyl (C=O) groups excluding carboxylic acids is 1. The first kappa shape index (κ1) is 19.9. The Kier molecular flexibility index (Phi) is 8.22. The summed E-state index contributed by atoms with van der Waals surface area (Å²) < 4.78 is 18.9. The van der Waals surface area contributed by atoms with Gasteiger partial charge in [0.1, 0.15) is 6.10 Å². The first-order valence-electron chi connectivity index (χ1n) is 7.54. The zero-order chi connectivity index (χ0) is 16.7. The van der Waals surface area contributed by atoms with Gasteiger partial charge in [0.05, 0.1) is 6.54 Å². The zero-order valence-corrected chi connectivity index (χ0v) is 14.3. The average molecular weight is 353 g/mol. The molecule has 0 saturated heterocycles. The highest BCUT2D eigenvalue weighted by Crippen LogP contribution is 2.17. The number of nitrogens with two attached hydrogens (primary N) is 1. The van der Waals surface area contributed by atoms with Gasteiger partial charge in [-0.25, -0.2) is 4.39 Å². The maximum absolute atomic E-state index is 13.5. The lowest BCUT2D eigenvalue weighted by Crippen LogP contribution is -2.35. The Morgan fingerprint density at radius 3 is 2.46 bits per heavy atom. The summed E-state index contributed by atoms with van der Waals surface area (Å²) in [6.07, 6.45) is -0.153. The summed E-state index contributed by atoms with van der Waals surface area (Å²) in [6, 6.07) is 15.3. The van der Waals surface area contributed by atoms with E-state index in [4.69, 9.17) is 10.5 Å². The van der Waals surface area contributed by atoms with Crippen molar-refractivity contribution in [1.29, 1.82) is 0 Å². The SMILES string of the molecule is CC(CNC(=O)CC(N)c1ccccc1)Oc1ccccc1F.Cl. The van der Waals surface area contributed by atoms with Gasteiger partial charge >= 0.3 is 0 Å². The molecule has 1 amide bonds. The monoisotopic (exact) mass is 352 g/mol. The molecule has 2 atom stereocenters. The van der Waals surface area contributed by atoms with Crippen molar-refractivity contribution in [3.8, 4) is 5.75 Å². The number of hydrogen-bond donors (Lipinski definition) is 2. The van der Waals surface area contributed by atoms with Crippen LogP contribution in [0.2, 0.25) is 0 Å². The highest BCUT2D eigenvalue weighted by molar-refractivity contribution is 5.85.